The maximum absolute atomic E-state index is 12.4. The lowest BCUT2D eigenvalue weighted by molar-refractivity contribution is 0.529. The van der Waals surface area contributed by atoms with Gasteiger partial charge in [-0.1, -0.05) is 19.9 Å². The number of hydrogen-bond donors (Lipinski definition) is 2. The predicted octanol–water partition coefficient (Wildman–Crippen LogP) is 2.23. The predicted molar refractivity (Wildman–Crippen MR) is 78.5 cm³/mol. The highest BCUT2D eigenvalue weighted by molar-refractivity contribution is 7.89. The number of sulfonamides is 1. The van der Waals surface area contributed by atoms with Crippen molar-refractivity contribution < 1.29 is 8.42 Å². The van der Waals surface area contributed by atoms with E-state index in [4.69, 9.17) is 5.73 Å². The molecule has 0 amide bonds. The smallest absolute Gasteiger partial charge is 0.241 e. The van der Waals surface area contributed by atoms with E-state index in [-0.39, 0.29) is 6.04 Å². The zero-order valence-corrected chi connectivity index (χ0v) is 13.0. The van der Waals surface area contributed by atoms with Gasteiger partial charge in [0.15, 0.2) is 0 Å². The van der Waals surface area contributed by atoms with Crippen LogP contribution in [-0.4, -0.2) is 14.5 Å². The molecule has 0 fully saturated rings. The van der Waals surface area contributed by atoms with E-state index in [1.807, 2.05) is 33.8 Å². The quantitative estimate of drug-likeness (QED) is 0.841. The number of benzene rings is 1. The van der Waals surface area contributed by atoms with Crippen molar-refractivity contribution in [1.29, 1.82) is 0 Å². The number of nitrogens with one attached hydrogen (secondary N) is 1. The summed E-state index contributed by atoms with van der Waals surface area (Å²) in [4.78, 5) is 0.338. The van der Waals surface area contributed by atoms with E-state index in [9.17, 15) is 8.42 Å². The van der Waals surface area contributed by atoms with Gasteiger partial charge in [0.25, 0.3) is 0 Å². The molecule has 0 spiro atoms. The lowest BCUT2D eigenvalue weighted by atomic mass is 10.1. The van der Waals surface area contributed by atoms with Crippen molar-refractivity contribution in [3.05, 3.63) is 28.8 Å². The minimum atomic E-state index is -3.47. The molecule has 0 saturated heterocycles. The van der Waals surface area contributed by atoms with E-state index >= 15 is 0 Å². The van der Waals surface area contributed by atoms with Gasteiger partial charge in [0, 0.05) is 12.6 Å². The van der Waals surface area contributed by atoms with Crippen LogP contribution in [0.1, 0.15) is 43.4 Å². The summed E-state index contributed by atoms with van der Waals surface area (Å²) >= 11 is 0. The molecule has 0 saturated carbocycles. The first-order valence-corrected chi connectivity index (χ1v) is 8.16. The Balaban J connectivity index is 3.21. The molecule has 0 atom stereocenters. The van der Waals surface area contributed by atoms with Crippen LogP contribution in [0, 0.1) is 13.8 Å². The molecule has 1 aromatic carbocycles. The van der Waals surface area contributed by atoms with E-state index in [0.717, 1.165) is 29.5 Å². The van der Waals surface area contributed by atoms with Crippen molar-refractivity contribution in [2.75, 3.05) is 0 Å². The van der Waals surface area contributed by atoms with Crippen LogP contribution in [0.3, 0.4) is 0 Å². The van der Waals surface area contributed by atoms with Gasteiger partial charge in [-0.2, -0.15) is 0 Å². The van der Waals surface area contributed by atoms with Crippen LogP contribution in [0.2, 0.25) is 0 Å². The first-order valence-electron chi connectivity index (χ1n) is 6.68. The minimum Gasteiger partial charge on any atom is -0.326 e. The molecular weight excluding hydrogens is 260 g/mol. The third kappa shape index (κ3) is 3.78. The number of hydrogen-bond acceptors (Lipinski definition) is 3. The third-order valence-electron chi connectivity index (χ3n) is 3.45. The molecule has 0 heterocycles. The summed E-state index contributed by atoms with van der Waals surface area (Å²) in [6, 6.07) is 3.55. The van der Waals surface area contributed by atoms with E-state index in [0.29, 0.717) is 11.4 Å². The fourth-order valence-electron chi connectivity index (χ4n) is 2.12. The maximum atomic E-state index is 12.4. The number of aryl methyl sites for hydroxylation is 2. The van der Waals surface area contributed by atoms with Crippen molar-refractivity contribution >= 4 is 10.0 Å². The van der Waals surface area contributed by atoms with Gasteiger partial charge >= 0.3 is 0 Å². The average molecular weight is 284 g/mol. The number of rotatable bonds is 6. The minimum absolute atomic E-state index is 0.0213. The van der Waals surface area contributed by atoms with Crippen LogP contribution in [0.25, 0.3) is 0 Å². The van der Waals surface area contributed by atoms with Gasteiger partial charge in [0.2, 0.25) is 10.0 Å². The van der Waals surface area contributed by atoms with Crippen molar-refractivity contribution in [3.8, 4) is 0 Å². The van der Waals surface area contributed by atoms with E-state index in [2.05, 4.69) is 4.72 Å². The van der Waals surface area contributed by atoms with Crippen LogP contribution in [0.15, 0.2) is 17.0 Å². The second kappa shape index (κ2) is 6.50. The molecule has 4 nitrogen and oxygen atoms in total. The summed E-state index contributed by atoms with van der Waals surface area (Å²) in [7, 11) is -3.47. The Hall–Kier alpha value is -0.910. The van der Waals surface area contributed by atoms with Crippen molar-refractivity contribution in [2.45, 2.75) is 58.0 Å². The summed E-state index contributed by atoms with van der Waals surface area (Å²) in [6.45, 7) is 8.06. The lowest BCUT2D eigenvalue weighted by Crippen LogP contribution is -2.34. The molecule has 0 aliphatic heterocycles. The monoisotopic (exact) mass is 284 g/mol. The van der Waals surface area contributed by atoms with Gasteiger partial charge in [0.05, 0.1) is 4.90 Å². The average Bonchev–Trinajstić information content (AvgIpc) is 2.35. The fourth-order valence-corrected chi connectivity index (χ4v) is 3.80. The lowest BCUT2D eigenvalue weighted by Gasteiger charge is -2.17. The second-order valence-electron chi connectivity index (χ2n) is 4.88. The Labute approximate surface area is 116 Å². The molecule has 0 radical (unpaired) electrons. The highest BCUT2D eigenvalue weighted by Crippen LogP contribution is 2.21. The van der Waals surface area contributed by atoms with E-state index in [1.54, 1.807) is 6.07 Å². The van der Waals surface area contributed by atoms with Crippen molar-refractivity contribution in [1.82, 2.24) is 4.72 Å². The van der Waals surface area contributed by atoms with Crippen molar-refractivity contribution in [2.24, 2.45) is 5.73 Å². The fraction of sp³-hybridized carbons (Fsp3) is 0.571. The summed E-state index contributed by atoms with van der Waals surface area (Å²) in [5.41, 5.74) is 8.31. The Bertz CT molecular complexity index is 535. The molecule has 0 aliphatic rings. The first kappa shape index (κ1) is 16.1. The van der Waals surface area contributed by atoms with Gasteiger partial charge < -0.3 is 5.73 Å². The topological polar surface area (TPSA) is 72.2 Å². The molecule has 108 valence electrons. The molecule has 0 aliphatic carbocycles. The van der Waals surface area contributed by atoms with Gasteiger partial charge in [-0.3, -0.25) is 0 Å². The highest BCUT2D eigenvalue weighted by atomic mass is 32.2. The summed E-state index contributed by atoms with van der Waals surface area (Å²) < 4.78 is 27.6. The van der Waals surface area contributed by atoms with Gasteiger partial charge in [-0.25, -0.2) is 13.1 Å². The third-order valence-corrected chi connectivity index (χ3v) is 5.11. The van der Waals surface area contributed by atoms with Gasteiger partial charge in [-0.15, -0.1) is 0 Å². The van der Waals surface area contributed by atoms with Crippen LogP contribution < -0.4 is 10.5 Å². The second-order valence-corrected chi connectivity index (χ2v) is 6.57. The zero-order valence-electron chi connectivity index (χ0n) is 12.2. The van der Waals surface area contributed by atoms with E-state index < -0.39 is 10.0 Å². The maximum Gasteiger partial charge on any atom is 0.241 e. The standard InChI is InChI=1S/C14H24N2O2S/c1-5-13(6-2)16-19(17,18)14-8-12(9-15)10(3)7-11(14)4/h7-8,13,16H,5-6,9,15H2,1-4H3. The molecule has 19 heavy (non-hydrogen) atoms. The largest absolute Gasteiger partial charge is 0.326 e. The summed E-state index contributed by atoms with van der Waals surface area (Å²) in [6.07, 6.45) is 1.56. The Morgan fingerprint density at radius 3 is 2.21 bits per heavy atom. The Kier molecular flexibility index (Phi) is 5.52. The van der Waals surface area contributed by atoms with Crippen LogP contribution in [0.5, 0.6) is 0 Å². The summed E-state index contributed by atoms with van der Waals surface area (Å²) in [5, 5.41) is 0. The summed E-state index contributed by atoms with van der Waals surface area (Å²) in [5.74, 6) is 0. The molecular formula is C14H24N2O2S. The molecule has 0 unspecified atom stereocenters. The molecule has 0 bridgehead atoms. The SMILES string of the molecule is CCC(CC)NS(=O)(=O)c1cc(CN)c(C)cc1C. The molecule has 0 aromatic heterocycles. The van der Waals surface area contributed by atoms with Crippen molar-refractivity contribution in [3.63, 3.8) is 0 Å². The molecule has 5 heteroatoms. The highest BCUT2D eigenvalue weighted by Gasteiger charge is 2.21. The van der Waals surface area contributed by atoms with Crippen LogP contribution >= 0.6 is 0 Å². The first-order chi connectivity index (χ1) is 8.85. The normalized spacial score (nSPS) is 12.1. The Morgan fingerprint density at radius 2 is 1.74 bits per heavy atom. The van der Waals surface area contributed by atoms with E-state index in [1.165, 1.54) is 0 Å². The van der Waals surface area contributed by atoms with Crippen LogP contribution in [-0.2, 0) is 16.6 Å². The number of nitrogens with two attached hydrogens (primary N) is 1. The molecule has 3 N–H and O–H groups in total. The van der Waals surface area contributed by atoms with Gasteiger partial charge in [0.1, 0.15) is 0 Å². The van der Waals surface area contributed by atoms with Gasteiger partial charge in [-0.05, 0) is 49.4 Å². The van der Waals surface area contributed by atoms with Crippen LogP contribution in [0.4, 0.5) is 0 Å². The molecule has 1 aromatic rings. The Morgan fingerprint density at radius 1 is 1.16 bits per heavy atom. The molecule has 1 rings (SSSR count). The zero-order chi connectivity index (χ0) is 14.6.